The number of aliphatic hydroxyl groups is 1. The number of hydrogen-bond donors (Lipinski definition) is 2. The maximum atomic E-state index is 10.9. The average Bonchev–Trinajstić information content (AvgIpc) is 2.63. The van der Waals surface area contributed by atoms with E-state index in [1.165, 1.54) is 6.08 Å². The summed E-state index contributed by atoms with van der Waals surface area (Å²) in [4.78, 5) is 21.4. The molecule has 0 aromatic carbocycles. The van der Waals surface area contributed by atoms with Crippen LogP contribution in [0.5, 0.6) is 0 Å². The molecule has 5 atom stereocenters. The van der Waals surface area contributed by atoms with E-state index in [0.29, 0.717) is 19.3 Å². The lowest BCUT2D eigenvalue weighted by molar-refractivity contribution is -0.163. The van der Waals surface area contributed by atoms with Crippen molar-refractivity contribution in [1.29, 1.82) is 0 Å². The van der Waals surface area contributed by atoms with Crippen LogP contribution in [-0.4, -0.2) is 47.6 Å². The van der Waals surface area contributed by atoms with Gasteiger partial charge in [0.1, 0.15) is 6.29 Å². The van der Waals surface area contributed by atoms with Crippen molar-refractivity contribution in [2.45, 2.75) is 45.2 Å². The third-order valence-electron chi connectivity index (χ3n) is 3.48. The number of allylic oxidation sites excluding steroid dienone is 1. The minimum absolute atomic E-state index is 0.155. The SMILES string of the molecule is CCOC(C)O[C@H]1C[C@@H](O)[C@@H](CC(=O)O)[C@@H]1C=CC=O. The fraction of sp³-hybridized carbons (Fsp3) is 0.714. The van der Waals surface area contributed by atoms with Gasteiger partial charge in [-0.3, -0.25) is 9.59 Å². The summed E-state index contributed by atoms with van der Waals surface area (Å²) in [6.07, 6.45) is 2.19. The van der Waals surface area contributed by atoms with E-state index in [-0.39, 0.29) is 18.4 Å². The maximum absolute atomic E-state index is 10.9. The van der Waals surface area contributed by atoms with Crippen molar-refractivity contribution in [1.82, 2.24) is 0 Å². The van der Waals surface area contributed by atoms with Gasteiger partial charge >= 0.3 is 5.97 Å². The van der Waals surface area contributed by atoms with E-state index in [0.717, 1.165) is 0 Å². The summed E-state index contributed by atoms with van der Waals surface area (Å²) in [7, 11) is 0. The number of rotatable bonds is 8. The molecule has 20 heavy (non-hydrogen) atoms. The molecule has 1 aliphatic rings. The highest BCUT2D eigenvalue weighted by molar-refractivity contribution is 5.67. The van der Waals surface area contributed by atoms with Gasteiger partial charge in [-0.05, 0) is 19.9 Å². The smallest absolute Gasteiger partial charge is 0.303 e. The first-order chi connectivity index (χ1) is 9.49. The standard InChI is InChI=1S/C14H22O6/c1-3-19-9(2)20-13-8-12(16)11(7-14(17)18)10(13)5-4-6-15/h4-6,9-13,16H,3,7-8H2,1-2H3,(H,17,18)/t9?,10-,11-,12+,13-/m0/s1. The van der Waals surface area contributed by atoms with Gasteiger partial charge in [0.05, 0.1) is 18.6 Å². The molecule has 1 rings (SSSR count). The topological polar surface area (TPSA) is 93.1 Å². The highest BCUT2D eigenvalue weighted by Crippen LogP contribution is 2.38. The molecule has 6 heteroatoms. The fourth-order valence-electron chi connectivity index (χ4n) is 2.68. The van der Waals surface area contributed by atoms with Crippen molar-refractivity contribution in [2.75, 3.05) is 6.61 Å². The Hall–Kier alpha value is -1.24. The lowest BCUT2D eigenvalue weighted by atomic mass is 9.90. The molecular weight excluding hydrogens is 264 g/mol. The summed E-state index contributed by atoms with van der Waals surface area (Å²) < 4.78 is 11.0. The number of carbonyl (C=O) groups excluding carboxylic acids is 1. The van der Waals surface area contributed by atoms with Gasteiger partial charge in [-0.25, -0.2) is 0 Å². The van der Waals surface area contributed by atoms with Crippen LogP contribution in [0.25, 0.3) is 0 Å². The van der Waals surface area contributed by atoms with Crippen molar-refractivity contribution in [2.24, 2.45) is 11.8 Å². The quantitative estimate of drug-likeness (QED) is 0.392. The molecule has 0 saturated heterocycles. The Labute approximate surface area is 118 Å². The highest BCUT2D eigenvalue weighted by Gasteiger charge is 2.43. The van der Waals surface area contributed by atoms with Crippen LogP contribution < -0.4 is 0 Å². The molecule has 0 heterocycles. The monoisotopic (exact) mass is 286 g/mol. The summed E-state index contributed by atoms with van der Waals surface area (Å²) in [5, 5.41) is 18.9. The molecule has 6 nitrogen and oxygen atoms in total. The lowest BCUT2D eigenvalue weighted by Gasteiger charge is -2.24. The number of aliphatic carboxylic acids is 1. The Kier molecular flexibility index (Phi) is 6.84. The summed E-state index contributed by atoms with van der Waals surface area (Å²) in [6, 6.07) is 0. The van der Waals surface area contributed by atoms with Crippen LogP contribution in [0.3, 0.4) is 0 Å². The van der Waals surface area contributed by atoms with Crippen molar-refractivity contribution >= 4 is 12.3 Å². The second-order valence-electron chi connectivity index (χ2n) is 4.86. The van der Waals surface area contributed by atoms with E-state index in [1.807, 2.05) is 6.92 Å². The minimum Gasteiger partial charge on any atom is -0.481 e. The van der Waals surface area contributed by atoms with E-state index in [2.05, 4.69) is 0 Å². The second kappa shape index (κ2) is 8.14. The first-order valence-corrected chi connectivity index (χ1v) is 6.78. The molecule has 0 bridgehead atoms. The van der Waals surface area contributed by atoms with Gasteiger partial charge in [0, 0.05) is 24.9 Å². The Morgan fingerprint density at radius 1 is 1.50 bits per heavy atom. The van der Waals surface area contributed by atoms with Gasteiger partial charge in [0.2, 0.25) is 0 Å². The van der Waals surface area contributed by atoms with Crippen molar-refractivity contribution in [3.8, 4) is 0 Å². The van der Waals surface area contributed by atoms with Gasteiger partial charge in [-0.2, -0.15) is 0 Å². The predicted octanol–water partition coefficient (Wildman–Crippen LogP) is 0.981. The van der Waals surface area contributed by atoms with Crippen LogP contribution in [0.2, 0.25) is 0 Å². The Morgan fingerprint density at radius 2 is 2.20 bits per heavy atom. The van der Waals surface area contributed by atoms with Gasteiger partial charge in [0.25, 0.3) is 0 Å². The molecule has 0 radical (unpaired) electrons. The van der Waals surface area contributed by atoms with Gasteiger partial charge in [-0.1, -0.05) is 6.08 Å². The summed E-state index contributed by atoms with van der Waals surface area (Å²) >= 11 is 0. The summed E-state index contributed by atoms with van der Waals surface area (Å²) in [5.74, 6) is -1.74. The second-order valence-corrected chi connectivity index (χ2v) is 4.86. The van der Waals surface area contributed by atoms with Gasteiger partial charge in [0.15, 0.2) is 6.29 Å². The molecule has 1 aliphatic carbocycles. The van der Waals surface area contributed by atoms with Gasteiger partial charge in [-0.15, -0.1) is 0 Å². The first-order valence-electron chi connectivity index (χ1n) is 6.78. The molecular formula is C14H22O6. The van der Waals surface area contributed by atoms with E-state index in [4.69, 9.17) is 14.6 Å². The normalized spacial score (nSPS) is 31.6. The zero-order chi connectivity index (χ0) is 15.1. The Bertz CT molecular complexity index is 354. The Balaban J connectivity index is 2.79. The van der Waals surface area contributed by atoms with Crippen molar-refractivity contribution in [3.05, 3.63) is 12.2 Å². The Morgan fingerprint density at radius 3 is 2.75 bits per heavy atom. The molecule has 0 aromatic heterocycles. The molecule has 1 fully saturated rings. The van der Waals surface area contributed by atoms with Crippen LogP contribution in [0.1, 0.15) is 26.7 Å². The lowest BCUT2D eigenvalue weighted by Crippen LogP contribution is -2.27. The predicted molar refractivity (Wildman–Crippen MR) is 71.0 cm³/mol. The number of ether oxygens (including phenoxy) is 2. The molecule has 0 spiro atoms. The van der Waals surface area contributed by atoms with Gasteiger partial charge < -0.3 is 19.7 Å². The molecule has 0 aliphatic heterocycles. The average molecular weight is 286 g/mol. The molecule has 1 unspecified atom stereocenters. The zero-order valence-electron chi connectivity index (χ0n) is 11.8. The largest absolute Gasteiger partial charge is 0.481 e. The van der Waals surface area contributed by atoms with E-state index in [9.17, 15) is 14.7 Å². The van der Waals surface area contributed by atoms with Crippen LogP contribution >= 0.6 is 0 Å². The van der Waals surface area contributed by atoms with E-state index in [1.54, 1.807) is 13.0 Å². The van der Waals surface area contributed by atoms with Crippen LogP contribution in [-0.2, 0) is 19.1 Å². The molecule has 2 N–H and O–H groups in total. The number of carbonyl (C=O) groups is 2. The van der Waals surface area contributed by atoms with Crippen LogP contribution in [0, 0.1) is 11.8 Å². The number of carboxylic acid groups (broad SMARTS) is 1. The first kappa shape index (κ1) is 16.8. The van der Waals surface area contributed by atoms with Crippen LogP contribution in [0.15, 0.2) is 12.2 Å². The van der Waals surface area contributed by atoms with Crippen molar-refractivity contribution in [3.63, 3.8) is 0 Å². The molecule has 0 amide bonds. The fourth-order valence-corrected chi connectivity index (χ4v) is 2.68. The number of aldehydes is 1. The third-order valence-corrected chi connectivity index (χ3v) is 3.48. The molecule has 114 valence electrons. The number of carboxylic acids is 1. The van der Waals surface area contributed by atoms with E-state index < -0.39 is 24.3 Å². The number of aliphatic hydroxyl groups excluding tert-OH is 1. The maximum Gasteiger partial charge on any atom is 0.303 e. The van der Waals surface area contributed by atoms with Crippen molar-refractivity contribution < 1.29 is 29.3 Å². The summed E-state index contributed by atoms with van der Waals surface area (Å²) in [6.45, 7) is 4.10. The third kappa shape index (κ3) is 4.70. The van der Waals surface area contributed by atoms with E-state index >= 15 is 0 Å². The highest BCUT2D eigenvalue weighted by atomic mass is 16.7. The summed E-state index contributed by atoms with van der Waals surface area (Å²) in [5.41, 5.74) is 0. The molecule has 1 saturated carbocycles. The zero-order valence-corrected chi connectivity index (χ0v) is 11.8. The molecule has 0 aromatic rings. The minimum atomic E-state index is -0.975. The number of hydrogen-bond acceptors (Lipinski definition) is 5. The van der Waals surface area contributed by atoms with Crippen LogP contribution in [0.4, 0.5) is 0 Å².